The normalized spacial score (nSPS) is 12.9. The van der Waals surface area contributed by atoms with E-state index >= 15 is 0 Å². The minimum absolute atomic E-state index is 0.279. The number of hydrogen-bond acceptors (Lipinski definition) is 5. The number of carbonyl (C=O) groups is 3. The van der Waals surface area contributed by atoms with Crippen LogP contribution in [0.15, 0.2) is 60.0 Å². The van der Waals surface area contributed by atoms with E-state index in [0.29, 0.717) is 24.1 Å². The summed E-state index contributed by atoms with van der Waals surface area (Å²) >= 11 is 1.56. The Bertz CT molecular complexity index is 1010. The molecule has 2 heterocycles. The highest BCUT2D eigenvalue weighted by molar-refractivity contribution is 7.13. The average Bonchev–Trinajstić information content (AvgIpc) is 3.28. The molecule has 0 fully saturated rings. The molecule has 7 heteroatoms. The van der Waals surface area contributed by atoms with Gasteiger partial charge in [-0.25, -0.2) is 4.98 Å². The summed E-state index contributed by atoms with van der Waals surface area (Å²) in [7, 11) is 0. The summed E-state index contributed by atoms with van der Waals surface area (Å²) in [5.74, 6) is -1.22. The molecule has 0 saturated heterocycles. The molecule has 0 radical (unpaired) electrons. The number of carbonyl (C=O) groups excluding carboxylic acids is 3. The molecule has 0 spiro atoms. The van der Waals surface area contributed by atoms with Gasteiger partial charge >= 0.3 is 0 Å². The van der Waals surface area contributed by atoms with Crippen molar-refractivity contribution in [1.82, 2.24) is 15.2 Å². The van der Waals surface area contributed by atoms with Crippen LogP contribution in [0.5, 0.6) is 0 Å². The molecule has 0 unspecified atom stereocenters. The molecule has 3 amide bonds. The third-order valence-electron chi connectivity index (χ3n) is 4.46. The lowest BCUT2D eigenvalue weighted by Gasteiger charge is -2.13. The van der Waals surface area contributed by atoms with Crippen LogP contribution in [0, 0.1) is 0 Å². The SMILES string of the molecule is O=C(CN1C(=O)c2ccccc2C1=O)NCCc1csc(-c2ccccc2)n1. The minimum atomic E-state index is -0.428. The summed E-state index contributed by atoms with van der Waals surface area (Å²) in [4.78, 5) is 42.3. The second kappa shape index (κ2) is 7.74. The van der Waals surface area contributed by atoms with Gasteiger partial charge in [0.15, 0.2) is 0 Å². The fourth-order valence-corrected chi connectivity index (χ4v) is 3.91. The molecule has 6 nitrogen and oxygen atoms in total. The maximum atomic E-state index is 12.3. The van der Waals surface area contributed by atoms with E-state index in [1.54, 1.807) is 35.6 Å². The lowest BCUT2D eigenvalue weighted by molar-refractivity contribution is -0.121. The zero-order valence-electron chi connectivity index (χ0n) is 14.9. The highest BCUT2D eigenvalue weighted by Crippen LogP contribution is 2.23. The van der Waals surface area contributed by atoms with Gasteiger partial charge in [0.1, 0.15) is 11.6 Å². The number of rotatable bonds is 6. The van der Waals surface area contributed by atoms with Crippen molar-refractivity contribution >= 4 is 29.1 Å². The smallest absolute Gasteiger partial charge is 0.262 e. The average molecular weight is 391 g/mol. The summed E-state index contributed by atoms with van der Waals surface area (Å²) in [6.45, 7) is 0.110. The molecule has 4 rings (SSSR count). The molecule has 0 saturated carbocycles. The molecule has 0 atom stereocenters. The van der Waals surface area contributed by atoms with E-state index < -0.39 is 11.8 Å². The van der Waals surface area contributed by atoms with Crippen molar-refractivity contribution in [3.8, 4) is 10.6 Å². The van der Waals surface area contributed by atoms with Gasteiger partial charge in [-0.1, -0.05) is 42.5 Å². The quantitative estimate of drug-likeness (QED) is 0.656. The van der Waals surface area contributed by atoms with E-state index in [-0.39, 0.29) is 12.5 Å². The van der Waals surface area contributed by atoms with Crippen molar-refractivity contribution in [3.63, 3.8) is 0 Å². The van der Waals surface area contributed by atoms with Crippen molar-refractivity contribution < 1.29 is 14.4 Å². The van der Waals surface area contributed by atoms with E-state index in [2.05, 4.69) is 10.3 Å². The van der Waals surface area contributed by atoms with E-state index in [0.717, 1.165) is 21.2 Å². The van der Waals surface area contributed by atoms with Gasteiger partial charge in [-0.2, -0.15) is 0 Å². The Morgan fingerprint density at radius 3 is 2.29 bits per heavy atom. The van der Waals surface area contributed by atoms with Crippen LogP contribution in [-0.4, -0.2) is 40.7 Å². The summed E-state index contributed by atoms with van der Waals surface area (Å²) < 4.78 is 0. The van der Waals surface area contributed by atoms with Gasteiger partial charge < -0.3 is 5.32 Å². The lowest BCUT2D eigenvalue weighted by Crippen LogP contribution is -2.40. The summed E-state index contributed by atoms with van der Waals surface area (Å²) in [5.41, 5.74) is 2.64. The molecule has 1 aliphatic rings. The summed E-state index contributed by atoms with van der Waals surface area (Å²) in [5, 5.41) is 5.66. The van der Waals surface area contributed by atoms with Crippen LogP contribution in [-0.2, 0) is 11.2 Å². The van der Waals surface area contributed by atoms with E-state index in [4.69, 9.17) is 0 Å². The number of fused-ring (bicyclic) bond motifs is 1. The second-order valence-electron chi connectivity index (χ2n) is 6.35. The predicted octanol–water partition coefficient (Wildman–Crippen LogP) is 2.77. The number of imide groups is 1. The number of nitrogens with zero attached hydrogens (tertiary/aromatic N) is 2. The number of hydrogen-bond donors (Lipinski definition) is 1. The maximum absolute atomic E-state index is 12.3. The Balaban J connectivity index is 1.30. The van der Waals surface area contributed by atoms with Crippen LogP contribution in [0.4, 0.5) is 0 Å². The van der Waals surface area contributed by atoms with Gasteiger partial charge in [-0.3, -0.25) is 19.3 Å². The van der Waals surface area contributed by atoms with Gasteiger partial charge in [0.2, 0.25) is 5.91 Å². The lowest BCUT2D eigenvalue weighted by atomic mass is 10.1. The molecule has 28 heavy (non-hydrogen) atoms. The molecule has 3 aromatic rings. The molecule has 2 aromatic carbocycles. The minimum Gasteiger partial charge on any atom is -0.354 e. The highest BCUT2D eigenvalue weighted by Gasteiger charge is 2.36. The molecular weight excluding hydrogens is 374 g/mol. The largest absolute Gasteiger partial charge is 0.354 e. The van der Waals surface area contributed by atoms with Crippen molar-refractivity contribution in [2.24, 2.45) is 0 Å². The zero-order chi connectivity index (χ0) is 19.5. The third-order valence-corrected chi connectivity index (χ3v) is 5.40. The van der Waals surface area contributed by atoms with Crippen molar-refractivity contribution in [3.05, 3.63) is 76.8 Å². The monoisotopic (exact) mass is 391 g/mol. The van der Waals surface area contributed by atoms with Crippen molar-refractivity contribution in [1.29, 1.82) is 0 Å². The maximum Gasteiger partial charge on any atom is 0.262 e. The van der Waals surface area contributed by atoms with Gasteiger partial charge in [-0.15, -0.1) is 11.3 Å². The number of nitrogens with one attached hydrogen (secondary N) is 1. The Hall–Kier alpha value is -3.32. The van der Waals surface area contributed by atoms with E-state index in [1.807, 2.05) is 35.7 Å². The van der Waals surface area contributed by atoms with Gasteiger partial charge in [0.25, 0.3) is 11.8 Å². The first kappa shape index (κ1) is 18.1. The van der Waals surface area contributed by atoms with Crippen LogP contribution in [0.1, 0.15) is 26.4 Å². The molecule has 1 aliphatic heterocycles. The van der Waals surface area contributed by atoms with Gasteiger partial charge in [0.05, 0.1) is 16.8 Å². The number of benzene rings is 2. The van der Waals surface area contributed by atoms with Crippen molar-refractivity contribution in [2.45, 2.75) is 6.42 Å². The number of amides is 3. The Kier molecular flexibility index (Phi) is 4.99. The number of thiazole rings is 1. The van der Waals surface area contributed by atoms with Crippen LogP contribution >= 0.6 is 11.3 Å². The second-order valence-corrected chi connectivity index (χ2v) is 7.21. The van der Waals surface area contributed by atoms with Crippen LogP contribution < -0.4 is 5.32 Å². The third kappa shape index (κ3) is 3.57. The Morgan fingerprint density at radius 2 is 1.61 bits per heavy atom. The molecule has 1 N–H and O–H groups in total. The molecule has 140 valence electrons. The van der Waals surface area contributed by atoms with E-state index in [9.17, 15) is 14.4 Å². The fraction of sp³-hybridized carbons (Fsp3) is 0.143. The molecule has 1 aromatic heterocycles. The summed E-state index contributed by atoms with van der Waals surface area (Å²) in [6.07, 6.45) is 0.581. The standard InChI is InChI=1S/C21H17N3O3S/c25-18(12-24-20(26)16-8-4-5-9-17(16)21(24)27)22-11-10-15-13-28-19(23-15)14-6-2-1-3-7-14/h1-9,13H,10-12H2,(H,22,25). The predicted molar refractivity (Wildman–Crippen MR) is 106 cm³/mol. The van der Waals surface area contributed by atoms with Gasteiger partial charge in [0, 0.05) is 23.9 Å². The van der Waals surface area contributed by atoms with Gasteiger partial charge in [-0.05, 0) is 12.1 Å². The number of aromatic nitrogens is 1. The molecular formula is C21H17N3O3S. The highest BCUT2D eigenvalue weighted by atomic mass is 32.1. The topological polar surface area (TPSA) is 79.4 Å². The zero-order valence-corrected chi connectivity index (χ0v) is 15.7. The van der Waals surface area contributed by atoms with E-state index in [1.165, 1.54) is 0 Å². The van der Waals surface area contributed by atoms with Crippen molar-refractivity contribution in [2.75, 3.05) is 13.1 Å². The van der Waals surface area contributed by atoms with Crippen LogP contribution in [0.25, 0.3) is 10.6 Å². The molecule has 0 aliphatic carbocycles. The Labute approximate surface area is 165 Å². The fourth-order valence-electron chi connectivity index (χ4n) is 3.05. The first-order chi connectivity index (χ1) is 13.6. The summed E-state index contributed by atoms with van der Waals surface area (Å²) in [6, 6.07) is 16.5. The first-order valence-electron chi connectivity index (χ1n) is 8.85. The Morgan fingerprint density at radius 1 is 0.964 bits per heavy atom. The molecule has 0 bridgehead atoms. The first-order valence-corrected chi connectivity index (χ1v) is 9.73. The van der Waals surface area contributed by atoms with Crippen LogP contribution in [0.3, 0.4) is 0 Å². The van der Waals surface area contributed by atoms with Crippen LogP contribution in [0.2, 0.25) is 0 Å².